The second kappa shape index (κ2) is 9.72. The van der Waals surface area contributed by atoms with Gasteiger partial charge in [-0.25, -0.2) is 4.39 Å². The average Bonchev–Trinajstić information content (AvgIpc) is 3.03. The molecule has 0 saturated carbocycles. The summed E-state index contributed by atoms with van der Waals surface area (Å²) < 4.78 is 15.8. The summed E-state index contributed by atoms with van der Waals surface area (Å²) in [6.45, 7) is 12.4. The Morgan fingerprint density at radius 2 is 1.85 bits per heavy atom. The molecule has 0 aliphatic heterocycles. The number of rotatable bonds is 10. The lowest BCUT2D eigenvalue weighted by Crippen LogP contribution is -2.32. The lowest BCUT2D eigenvalue weighted by Gasteiger charge is -2.18. The van der Waals surface area contributed by atoms with Crippen LogP contribution in [-0.4, -0.2) is 44.4 Å². The van der Waals surface area contributed by atoms with E-state index in [-0.39, 0.29) is 17.5 Å². The van der Waals surface area contributed by atoms with Crippen LogP contribution in [-0.2, 0) is 11.3 Å². The minimum Gasteiger partial charge on any atom is -0.335 e. The van der Waals surface area contributed by atoms with Crippen LogP contribution >= 0.6 is 11.8 Å². The van der Waals surface area contributed by atoms with Gasteiger partial charge in [0.1, 0.15) is 5.82 Å². The van der Waals surface area contributed by atoms with Gasteiger partial charge in [0.15, 0.2) is 11.0 Å². The summed E-state index contributed by atoms with van der Waals surface area (Å²) in [5.41, 5.74) is 0.361. The van der Waals surface area contributed by atoms with Crippen LogP contribution in [0.25, 0.3) is 11.4 Å². The first-order valence-electron chi connectivity index (χ1n) is 8.03. The maximum atomic E-state index is 14.1. The van der Waals surface area contributed by atoms with Crippen molar-refractivity contribution < 1.29 is 9.18 Å². The van der Waals surface area contributed by atoms with Crippen molar-refractivity contribution in [3.05, 3.63) is 68.0 Å². The van der Waals surface area contributed by atoms with E-state index in [4.69, 9.17) is 0 Å². The number of benzene rings is 1. The highest BCUT2D eigenvalue weighted by atomic mass is 32.2. The molecule has 0 fully saturated rings. The molecule has 1 heterocycles. The van der Waals surface area contributed by atoms with Crippen LogP contribution in [0.4, 0.5) is 4.39 Å². The number of carbonyl (C=O) groups is 1. The maximum Gasteiger partial charge on any atom is 0.233 e. The van der Waals surface area contributed by atoms with Crippen LogP contribution in [0.1, 0.15) is 0 Å². The molecule has 0 radical (unpaired) electrons. The number of amides is 1. The molecule has 1 aromatic carbocycles. The lowest BCUT2D eigenvalue weighted by atomic mass is 10.2. The Kier molecular flexibility index (Phi) is 7.35. The monoisotopic (exact) mass is 372 g/mol. The molecule has 1 aromatic heterocycles. The van der Waals surface area contributed by atoms with Crippen molar-refractivity contribution in [2.75, 3.05) is 18.8 Å². The molecule has 1 amide bonds. The Morgan fingerprint density at radius 3 is 2.46 bits per heavy atom. The van der Waals surface area contributed by atoms with E-state index in [0.29, 0.717) is 36.2 Å². The van der Waals surface area contributed by atoms with E-state index in [2.05, 4.69) is 29.9 Å². The van der Waals surface area contributed by atoms with Crippen LogP contribution in [0, 0.1) is 5.82 Å². The molecule has 0 bridgehead atoms. The lowest BCUT2D eigenvalue weighted by molar-refractivity contribution is -0.127. The molecular formula is C19H21FN4OS. The number of nitrogens with zero attached hydrogens (tertiary/aromatic N) is 4. The van der Waals surface area contributed by atoms with E-state index < -0.39 is 0 Å². The largest absolute Gasteiger partial charge is 0.335 e. The molecule has 26 heavy (non-hydrogen) atoms. The van der Waals surface area contributed by atoms with E-state index in [0.717, 1.165) is 0 Å². The number of carbonyl (C=O) groups excluding carboxylic acids is 1. The number of hydrogen-bond donors (Lipinski definition) is 0. The number of aromatic nitrogens is 3. The summed E-state index contributed by atoms with van der Waals surface area (Å²) in [7, 11) is 0. The van der Waals surface area contributed by atoms with Crippen molar-refractivity contribution in [2.24, 2.45) is 0 Å². The number of halogens is 1. The second-order valence-electron chi connectivity index (χ2n) is 5.35. The van der Waals surface area contributed by atoms with E-state index >= 15 is 0 Å². The smallest absolute Gasteiger partial charge is 0.233 e. The standard InChI is InChI=1S/C19H21FN4OS/c1-4-11-23(12-5-2)17(25)14-26-19-22-21-18(24(19)13-6-3)15-9-7-8-10-16(15)20/h4-10H,1-3,11-14H2. The third kappa shape index (κ3) is 4.70. The number of thioether (sulfide) groups is 1. The van der Waals surface area contributed by atoms with Crippen molar-refractivity contribution in [1.82, 2.24) is 19.7 Å². The highest BCUT2D eigenvalue weighted by molar-refractivity contribution is 7.99. The van der Waals surface area contributed by atoms with Crippen LogP contribution in [0.15, 0.2) is 67.4 Å². The second-order valence-corrected chi connectivity index (χ2v) is 6.29. The summed E-state index contributed by atoms with van der Waals surface area (Å²) in [4.78, 5) is 14.0. The van der Waals surface area contributed by atoms with Gasteiger partial charge >= 0.3 is 0 Å². The van der Waals surface area contributed by atoms with Crippen LogP contribution in [0.2, 0.25) is 0 Å². The van der Waals surface area contributed by atoms with Gasteiger partial charge in [-0.15, -0.1) is 29.9 Å². The molecule has 0 aliphatic carbocycles. The summed E-state index contributed by atoms with van der Waals surface area (Å²) >= 11 is 1.26. The fourth-order valence-corrected chi connectivity index (χ4v) is 3.19. The first-order chi connectivity index (χ1) is 12.6. The molecular weight excluding hydrogens is 351 g/mol. The first kappa shape index (κ1) is 19.7. The molecule has 0 saturated heterocycles. The Balaban J connectivity index is 2.21. The summed E-state index contributed by atoms with van der Waals surface area (Å²) in [5, 5.41) is 8.77. The van der Waals surface area contributed by atoms with E-state index in [9.17, 15) is 9.18 Å². The zero-order chi connectivity index (χ0) is 18.9. The van der Waals surface area contributed by atoms with Crippen molar-refractivity contribution >= 4 is 17.7 Å². The van der Waals surface area contributed by atoms with Gasteiger partial charge in [0.25, 0.3) is 0 Å². The van der Waals surface area contributed by atoms with Gasteiger partial charge in [0.2, 0.25) is 5.91 Å². The minimum absolute atomic E-state index is 0.0598. The van der Waals surface area contributed by atoms with Crippen molar-refractivity contribution in [1.29, 1.82) is 0 Å². The van der Waals surface area contributed by atoms with Crippen LogP contribution in [0.5, 0.6) is 0 Å². The van der Waals surface area contributed by atoms with Crippen LogP contribution < -0.4 is 0 Å². The zero-order valence-electron chi connectivity index (χ0n) is 14.5. The van der Waals surface area contributed by atoms with Gasteiger partial charge in [-0.1, -0.05) is 42.1 Å². The normalized spacial score (nSPS) is 10.3. The summed E-state index contributed by atoms with van der Waals surface area (Å²) in [5.74, 6) is 0.164. The Morgan fingerprint density at radius 1 is 1.15 bits per heavy atom. The zero-order valence-corrected chi connectivity index (χ0v) is 15.3. The third-order valence-electron chi connectivity index (χ3n) is 3.52. The van der Waals surface area contributed by atoms with Gasteiger partial charge in [-0.2, -0.15) is 0 Å². The molecule has 0 aliphatic rings. The SMILES string of the molecule is C=CCN(CC=C)C(=O)CSc1nnc(-c2ccccc2F)n1CC=C. The topological polar surface area (TPSA) is 51.0 Å². The molecule has 2 aromatic rings. The predicted molar refractivity (Wildman–Crippen MR) is 103 cm³/mol. The van der Waals surface area contributed by atoms with Crippen LogP contribution in [0.3, 0.4) is 0 Å². The van der Waals surface area contributed by atoms with Gasteiger partial charge in [0, 0.05) is 19.6 Å². The predicted octanol–water partition coefficient (Wildman–Crippen LogP) is 3.56. The van der Waals surface area contributed by atoms with Gasteiger partial charge in [-0.3, -0.25) is 9.36 Å². The highest BCUT2D eigenvalue weighted by Gasteiger charge is 2.18. The summed E-state index contributed by atoms with van der Waals surface area (Å²) in [6.07, 6.45) is 5.02. The van der Waals surface area contributed by atoms with Gasteiger partial charge in [0.05, 0.1) is 11.3 Å². The Bertz CT molecular complexity index is 793. The van der Waals surface area contributed by atoms with Crippen molar-refractivity contribution in [3.63, 3.8) is 0 Å². The Labute approximate surface area is 156 Å². The Hall–Kier alpha value is -2.67. The first-order valence-corrected chi connectivity index (χ1v) is 9.02. The quantitative estimate of drug-likeness (QED) is 0.473. The molecule has 0 atom stereocenters. The number of hydrogen-bond acceptors (Lipinski definition) is 4. The number of allylic oxidation sites excluding steroid dienone is 1. The van der Waals surface area contributed by atoms with Gasteiger partial charge in [-0.05, 0) is 12.1 Å². The van der Waals surface area contributed by atoms with E-state index in [1.807, 2.05) is 0 Å². The third-order valence-corrected chi connectivity index (χ3v) is 4.47. The molecule has 5 nitrogen and oxygen atoms in total. The summed E-state index contributed by atoms with van der Waals surface area (Å²) in [6, 6.07) is 6.38. The highest BCUT2D eigenvalue weighted by Crippen LogP contribution is 2.26. The molecule has 0 spiro atoms. The fourth-order valence-electron chi connectivity index (χ4n) is 2.34. The molecule has 136 valence electrons. The van der Waals surface area contributed by atoms with E-state index in [1.54, 1.807) is 45.9 Å². The minimum atomic E-state index is -0.374. The maximum absolute atomic E-state index is 14.1. The van der Waals surface area contributed by atoms with Gasteiger partial charge < -0.3 is 4.90 Å². The van der Waals surface area contributed by atoms with Crippen molar-refractivity contribution in [3.8, 4) is 11.4 Å². The average molecular weight is 372 g/mol. The molecule has 0 unspecified atom stereocenters. The fraction of sp³-hybridized carbons (Fsp3) is 0.211. The molecule has 2 rings (SSSR count). The van der Waals surface area contributed by atoms with Crippen molar-refractivity contribution in [2.45, 2.75) is 11.7 Å². The molecule has 7 heteroatoms. The van der Waals surface area contributed by atoms with E-state index in [1.165, 1.54) is 17.8 Å². The molecule has 0 N–H and O–H groups in total.